The first-order chi connectivity index (χ1) is 7.20. The minimum Gasteiger partial charge on any atom is -0.440 e. The summed E-state index contributed by atoms with van der Waals surface area (Å²) in [5.74, 6) is 0.233. The summed E-state index contributed by atoms with van der Waals surface area (Å²) in [6.45, 7) is 1.50. The molecule has 5 heteroatoms. The number of hydrogen-bond donors (Lipinski definition) is 1. The highest BCUT2D eigenvalue weighted by Crippen LogP contribution is 2.17. The van der Waals surface area contributed by atoms with Gasteiger partial charge in [-0.1, -0.05) is 0 Å². The first-order valence-corrected chi connectivity index (χ1v) is 5.30. The molecular weight excluding hydrogens is 216 g/mol. The normalized spacial score (nSPS) is 20.9. The number of amides is 1. The fourth-order valence-electron chi connectivity index (χ4n) is 1.77. The highest BCUT2D eigenvalue weighted by molar-refractivity contribution is 6.29. The van der Waals surface area contributed by atoms with Crippen molar-refractivity contribution in [3.63, 3.8) is 0 Å². The lowest BCUT2D eigenvalue weighted by Gasteiger charge is -2.14. The molecule has 0 aromatic carbocycles. The molecule has 4 nitrogen and oxygen atoms in total. The molecule has 0 saturated carbocycles. The number of likely N-dealkylation sites (tertiary alicyclic amines) is 1. The number of likely N-dealkylation sites (N-methyl/N-ethyl adjacent to an activating group) is 1. The van der Waals surface area contributed by atoms with Crippen LogP contribution in [-0.2, 0) is 0 Å². The molecule has 1 fully saturated rings. The van der Waals surface area contributed by atoms with Crippen LogP contribution in [0.1, 0.15) is 17.0 Å². The first-order valence-electron chi connectivity index (χ1n) is 4.92. The molecule has 1 N–H and O–H groups in total. The van der Waals surface area contributed by atoms with Crippen LogP contribution >= 0.6 is 11.6 Å². The predicted octanol–water partition coefficient (Wildman–Crippen LogP) is 1.37. The van der Waals surface area contributed by atoms with E-state index in [0.717, 1.165) is 19.5 Å². The van der Waals surface area contributed by atoms with Gasteiger partial charge in [-0.05, 0) is 37.2 Å². The van der Waals surface area contributed by atoms with E-state index in [9.17, 15) is 4.79 Å². The van der Waals surface area contributed by atoms with Crippen molar-refractivity contribution in [2.75, 3.05) is 20.1 Å². The second-order valence-corrected chi connectivity index (χ2v) is 4.00. The average molecular weight is 229 g/mol. The molecule has 1 amide bonds. The van der Waals surface area contributed by atoms with Gasteiger partial charge >= 0.3 is 0 Å². The lowest BCUT2D eigenvalue weighted by molar-refractivity contribution is 0.0758. The second kappa shape index (κ2) is 4.24. The second-order valence-electron chi connectivity index (χ2n) is 3.63. The Labute approximate surface area is 93.2 Å². The third-order valence-electron chi connectivity index (χ3n) is 2.67. The maximum atomic E-state index is 11.9. The monoisotopic (exact) mass is 228 g/mol. The van der Waals surface area contributed by atoms with Crippen molar-refractivity contribution in [2.24, 2.45) is 0 Å². The average Bonchev–Trinajstić information content (AvgIpc) is 2.84. The zero-order valence-corrected chi connectivity index (χ0v) is 9.25. The number of carbonyl (C=O) groups excluding carboxylic acids is 1. The molecule has 1 aromatic rings. The molecule has 0 aliphatic carbocycles. The molecule has 1 atom stereocenters. The van der Waals surface area contributed by atoms with Crippen LogP contribution in [0.3, 0.4) is 0 Å². The van der Waals surface area contributed by atoms with Gasteiger partial charge in [-0.15, -0.1) is 0 Å². The zero-order chi connectivity index (χ0) is 10.8. The van der Waals surface area contributed by atoms with Crippen LogP contribution in [0.25, 0.3) is 0 Å². The number of nitrogens with zero attached hydrogens (tertiary/aromatic N) is 1. The van der Waals surface area contributed by atoms with Gasteiger partial charge < -0.3 is 14.6 Å². The maximum absolute atomic E-state index is 11.9. The van der Waals surface area contributed by atoms with Gasteiger partial charge in [-0.3, -0.25) is 4.79 Å². The van der Waals surface area contributed by atoms with Crippen molar-refractivity contribution in [3.8, 4) is 0 Å². The summed E-state index contributed by atoms with van der Waals surface area (Å²) in [5.41, 5.74) is 0. The molecule has 1 aromatic heterocycles. The fourth-order valence-corrected chi connectivity index (χ4v) is 1.91. The molecule has 0 bridgehead atoms. The van der Waals surface area contributed by atoms with E-state index in [1.165, 1.54) is 0 Å². The van der Waals surface area contributed by atoms with E-state index in [1.54, 1.807) is 17.0 Å². The Hall–Kier alpha value is -1.00. The lowest BCUT2D eigenvalue weighted by Crippen LogP contribution is -2.33. The molecular formula is C10H13ClN2O2. The van der Waals surface area contributed by atoms with E-state index in [-0.39, 0.29) is 11.1 Å². The fraction of sp³-hybridized carbons (Fsp3) is 0.500. The summed E-state index contributed by atoms with van der Waals surface area (Å²) in [6, 6.07) is 3.58. The van der Waals surface area contributed by atoms with Crippen molar-refractivity contribution < 1.29 is 9.21 Å². The number of nitrogens with one attached hydrogen (secondary N) is 1. The molecule has 2 rings (SSSR count). The highest BCUT2D eigenvalue weighted by Gasteiger charge is 2.27. The van der Waals surface area contributed by atoms with Gasteiger partial charge in [-0.2, -0.15) is 0 Å². The van der Waals surface area contributed by atoms with Crippen molar-refractivity contribution in [3.05, 3.63) is 23.1 Å². The van der Waals surface area contributed by atoms with Crippen LogP contribution in [-0.4, -0.2) is 37.0 Å². The van der Waals surface area contributed by atoms with Gasteiger partial charge in [0.25, 0.3) is 5.91 Å². The van der Waals surface area contributed by atoms with E-state index in [4.69, 9.17) is 16.0 Å². The van der Waals surface area contributed by atoms with E-state index in [0.29, 0.717) is 11.8 Å². The molecule has 1 aliphatic rings. The molecule has 1 saturated heterocycles. The molecule has 0 spiro atoms. The predicted molar refractivity (Wildman–Crippen MR) is 57.1 cm³/mol. The molecule has 15 heavy (non-hydrogen) atoms. The van der Waals surface area contributed by atoms with Crippen LogP contribution in [0.2, 0.25) is 5.22 Å². The van der Waals surface area contributed by atoms with Gasteiger partial charge in [-0.25, -0.2) is 0 Å². The van der Waals surface area contributed by atoms with E-state index >= 15 is 0 Å². The quantitative estimate of drug-likeness (QED) is 0.832. The minimum atomic E-state index is -0.0837. The number of furan rings is 1. The Morgan fingerprint density at radius 1 is 1.67 bits per heavy atom. The third-order valence-corrected chi connectivity index (χ3v) is 2.87. The number of carbonyl (C=O) groups is 1. The largest absolute Gasteiger partial charge is 0.440 e. The van der Waals surface area contributed by atoms with E-state index < -0.39 is 0 Å². The molecule has 1 aliphatic heterocycles. The smallest absolute Gasteiger partial charge is 0.289 e. The number of halogens is 1. The first kappa shape index (κ1) is 10.5. The minimum absolute atomic E-state index is 0.0837. The standard InChI is InChI=1S/C10H13ClN2O2/c1-12-7-4-5-13(6-7)10(14)8-2-3-9(11)15-8/h2-3,7,12H,4-6H2,1H3. The Balaban J connectivity index is 2.03. The van der Waals surface area contributed by atoms with Crippen molar-refractivity contribution >= 4 is 17.5 Å². The zero-order valence-electron chi connectivity index (χ0n) is 8.50. The summed E-state index contributed by atoms with van der Waals surface area (Å²) in [6.07, 6.45) is 0.983. The molecule has 1 unspecified atom stereocenters. The van der Waals surface area contributed by atoms with Crippen LogP contribution in [0, 0.1) is 0 Å². The van der Waals surface area contributed by atoms with Crippen LogP contribution in [0.15, 0.2) is 16.5 Å². The molecule has 0 radical (unpaired) electrons. The van der Waals surface area contributed by atoms with Gasteiger partial charge in [0.2, 0.25) is 0 Å². The summed E-state index contributed by atoms with van der Waals surface area (Å²) in [5, 5.41) is 3.41. The Bertz CT molecular complexity index is 364. The van der Waals surface area contributed by atoms with Gasteiger partial charge in [0.15, 0.2) is 11.0 Å². The van der Waals surface area contributed by atoms with Crippen molar-refractivity contribution in [1.82, 2.24) is 10.2 Å². The SMILES string of the molecule is CNC1CCN(C(=O)c2ccc(Cl)o2)C1. The third kappa shape index (κ3) is 2.16. The highest BCUT2D eigenvalue weighted by atomic mass is 35.5. The van der Waals surface area contributed by atoms with Gasteiger partial charge in [0.1, 0.15) is 0 Å². The van der Waals surface area contributed by atoms with Crippen molar-refractivity contribution in [2.45, 2.75) is 12.5 Å². The Kier molecular flexibility index (Phi) is 2.98. The maximum Gasteiger partial charge on any atom is 0.289 e. The Morgan fingerprint density at radius 2 is 2.47 bits per heavy atom. The lowest BCUT2D eigenvalue weighted by atomic mass is 10.3. The summed E-state index contributed by atoms with van der Waals surface area (Å²) in [4.78, 5) is 13.6. The summed E-state index contributed by atoms with van der Waals surface area (Å²) >= 11 is 5.62. The number of rotatable bonds is 2. The Morgan fingerprint density at radius 3 is 3.00 bits per heavy atom. The van der Waals surface area contributed by atoms with Crippen LogP contribution < -0.4 is 5.32 Å². The topological polar surface area (TPSA) is 45.5 Å². The van der Waals surface area contributed by atoms with Crippen LogP contribution in [0.5, 0.6) is 0 Å². The van der Waals surface area contributed by atoms with E-state index in [1.807, 2.05) is 7.05 Å². The van der Waals surface area contributed by atoms with Crippen LogP contribution in [0.4, 0.5) is 0 Å². The van der Waals surface area contributed by atoms with Gasteiger partial charge in [0.05, 0.1) is 0 Å². The summed E-state index contributed by atoms with van der Waals surface area (Å²) in [7, 11) is 1.91. The van der Waals surface area contributed by atoms with E-state index in [2.05, 4.69) is 5.32 Å². The van der Waals surface area contributed by atoms with Gasteiger partial charge in [0, 0.05) is 19.1 Å². The molecule has 2 heterocycles. The van der Waals surface area contributed by atoms with Crippen molar-refractivity contribution in [1.29, 1.82) is 0 Å². The number of hydrogen-bond acceptors (Lipinski definition) is 3. The molecule has 82 valence electrons. The summed E-state index contributed by atoms with van der Waals surface area (Å²) < 4.78 is 5.08.